The first kappa shape index (κ1) is 34.3. The Morgan fingerprint density at radius 1 is 0.840 bits per heavy atom. The minimum atomic E-state index is -1.87. The third kappa shape index (κ3) is 5.65. The molecule has 0 bridgehead atoms. The molecule has 0 radical (unpaired) electrons. The van der Waals surface area contributed by atoms with E-state index < -0.39 is 63.9 Å². The van der Waals surface area contributed by atoms with Crippen molar-refractivity contribution in [2.45, 2.75) is 65.4 Å². The highest BCUT2D eigenvalue weighted by Crippen LogP contribution is 2.53. The Labute approximate surface area is 288 Å². The van der Waals surface area contributed by atoms with E-state index in [4.69, 9.17) is 4.74 Å². The number of allylic oxidation sites excluding steroid dienone is 3. The second-order valence-electron chi connectivity index (χ2n) is 13.7. The molecule has 2 unspecified atom stereocenters. The van der Waals surface area contributed by atoms with Crippen LogP contribution in [0.25, 0.3) is 10.8 Å². The van der Waals surface area contributed by atoms with Crippen molar-refractivity contribution in [2.75, 3.05) is 6.61 Å². The molecule has 0 heterocycles. The van der Waals surface area contributed by atoms with Crippen LogP contribution < -0.4 is 4.74 Å². The zero-order chi connectivity index (χ0) is 36.4. The minimum absolute atomic E-state index is 0.00576. The molecular weight excluding hydrogens is 640 g/mol. The average Bonchev–Trinajstić information content (AvgIpc) is 2.99. The van der Waals surface area contributed by atoms with E-state index in [0.29, 0.717) is 5.56 Å². The van der Waals surface area contributed by atoms with Crippen LogP contribution >= 0.6 is 0 Å². The first-order chi connectivity index (χ1) is 23.5. The lowest BCUT2D eigenvalue weighted by molar-refractivity contribution is 0.0272. The van der Waals surface area contributed by atoms with Crippen molar-refractivity contribution < 1.29 is 49.8 Å². The van der Waals surface area contributed by atoms with Gasteiger partial charge in [0.05, 0.1) is 27.7 Å². The summed E-state index contributed by atoms with van der Waals surface area (Å²) in [4.78, 5) is 41.5. The van der Waals surface area contributed by atoms with E-state index in [-0.39, 0.29) is 62.3 Å². The molecule has 2 atom stereocenters. The van der Waals surface area contributed by atoms with Crippen molar-refractivity contribution in [1.29, 1.82) is 0 Å². The van der Waals surface area contributed by atoms with Crippen molar-refractivity contribution in [3.63, 3.8) is 0 Å². The highest BCUT2D eigenvalue weighted by Gasteiger charge is 2.48. The quantitative estimate of drug-likeness (QED) is 0.0982. The zero-order valence-electron chi connectivity index (χ0n) is 28.3. The molecule has 0 aromatic heterocycles. The Morgan fingerprint density at radius 2 is 1.54 bits per heavy atom. The maximum atomic E-state index is 14.2. The van der Waals surface area contributed by atoms with Gasteiger partial charge in [-0.25, -0.2) is 0 Å². The summed E-state index contributed by atoms with van der Waals surface area (Å²) in [6, 6.07) is 7.69. The molecule has 6 rings (SSSR count). The SMILES string of the molecule is CC(C)=CCC/C(C)=C/COc1cc(O)c2c(O)c3c(cc2c1)C(c1c(C)cc(O)c2c1C(=O)c1cc(O)cc(O)c1C2=O)C(C)(O)CC3=O. The van der Waals surface area contributed by atoms with Crippen LogP contribution in [0.15, 0.2) is 59.7 Å². The van der Waals surface area contributed by atoms with E-state index in [0.717, 1.165) is 30.5 Å². The van der Waals surface area contributed by atoms with Crippen LogP contribution in [0.2, 0.25) is 0 Å². The highest BCUT2D eigenvalue weighted by atomic mass is 16.5. The Kier molecular flexibility index (Phi) is 8.48. The molecule has 0 spiro atoms. The first-order valence-electron chi connectivity index (χ1n) is 16.2. The topological polar surface area (TPSA) is 182 Å². The molecule has 50 heavy (non-hydrogen) atoms. The van der Waals surface area contributed by atoms with E-state index in [9.17, 15) is 45.0 Å². The summed E-state index contributed by atoms with van der Waals surface area (Å²) < 4.78 is 5.94. The Morgan fingerprint density at radius 3 is 2.24 bits per heavy atom. The standard InChI is InChI=1S/C40H38O10/c1-18(2)7-6-8-19(3)9-10-50-23-12-21-13-24-32(38(47)31(21)28(44)16-23)29(45)17-40(5,49)36(24)30-20(4)11-26(42)34-35(30)37(46)25-14-22(41)15-27(43)33(25)39(34)48/h7,9,11-16,36,41-44,47,49H,6,8,10,17H2,1-5H3/b19-9+. The number of ketones is 3. The highest BCUT2D eigenvalue weighted by molar-refractivity contribution is 6.31. The van der Waals surface area contributed by atoms with Crippen LogP contribution in [0, 0.1) is 6.92 Å². The third-order valence-corrected chi connectivity index (χ3v) is 9.57. The molecule has 2 aliphatic carbocycles. The van der Waals surface area contributed by atoms with Crippen molar-refractivity contribution in [3.8, 4) is 34.5 Å². The monoisotopic (exact) mass is 678 g/mol. The fraction of sp³-hybridized carbons (Fsp3) is 0.275. The van der Waals surface area contributed by atoms with Gasteiger partial charge in [-0.15, -0.1) is 0 Å². The van der Waals surface area contributed by atoms with Crippen molar-refractivity contribution in [1.82, 2.24) is 0 Å². The number of fused-ring (bicyclic) bond motifs is 4. The number of ether oxygens (including phenoxy) is 1. The number of carbonyl (C=O) groups is 3. The normalized spacial score (nSPS) is 18.5. The Hall–Kier alpha value is -5.61. The van der Waals surface area contributed by atoms with Gasteiger partial charge in [0.15, 0.2) is 11.6 Å². The van der Waals surface area contributed by atoms with E-state index >= 15 is 0 Å². The summed E-state index contributed by atoms with van der Waals surface area (Å²) in [6.07, 6.45) is 5.36. The Balaban J connectivity index is 1.52. The van der Waals surface area contributed by atoms with Gasteiger partial charge in [0.1, 0.15) is 41.1 Å². The van der Waals surface area contributed by atoms with Crippen molar-refractivity contribution in [2.24, 2.45) is 0 Å². The molecule has 0 fully saturated rings. The number of phenols is 5. The van der Waals surface area contributed by atoms with Gasteiger partial charge in [-0.3, -0.25) is 14.4 Å². The lowest BCUT2D eigenvalue weighted by Crippen LogP contribution is -2.42. The lowest BCUT2D eigenvalue weighted by atomic mass is 9.65. The smallest absolute Gasteiger partial charge is 0.201 e. The largest absolute Gasteiger partial charge is 0.508 e. The van der Waals surface area contributed by atoms with Crippen LogP contribution in [0.5, 0.6) is 34.5 Å². The number of aromatic hydroxyl groups is 5. The van der Waals surface area contributed by atoms with E-state index in [1.807, 2.05) is 26.8 Å². The van der Waals surface area contributed by atoms with Gasteiger partial charge in [-0.05, 0) is 99.9 Å². The second-order valence-corrected chi connectivity index (χ2v) is 13.7. The fourth-order valence-corrected chi connectivity index (χ4v) is 7.33. The molecule has 10 heteroatoms. The maximum Gasteiger partial charge on any atom is 0.201 e. The average molecular weight is 679 g/mol. The first-order valence-corrected chi connectivity index (χ1v) is 16.2. The lowest BCUT2D eigenvalue weighted by Gasteiger charge is -2.40. The molecule has 0 saturated carbocycles. The predicted octanol–water partition coefficient (Wildman–Crippen LogP) is 6.99. The maximum absolute atomic E-state index is 14.2. The number of Topliss-reactive ketones (excluding diaryl/α,β-unsaturated/α-hetero) is 1. The molecule has 10 nitrogen and oxygen atoms in total. The molecule has 258 valence electrons. The van der Waals surface area contributed by atoms with Crippen LogP contribution in [0.4, 0.5) is 0 Å². The summed E-state index contributed by atoms with van der Waals surface area (Å²) in [7, 11) is 0. The number of aliphatic hydroxyl groups is 1. The number of rotatable bonds is 7. The Bertz CT molecular complexity index is 2220. The fourth-order valence-electron chi connectivity index (χ4n) is 7.33. The van der Waals surface area contributed by atoms with Crippen LogP contribution in [-0.2, 0) is 0 Å². The van der Waals surface area contributed by atoms with Gasteiger partial charge in [0.2, 0.25) is 5.78 Å². The zero-order valence-corrected chi connectivity index (χ0v) is 28.3. The van der Waals surface area contributed by atoms with E-state index in [1.54, 1.807) is 13.0 Å². The molecule has 4 aromatic carbocycles. The minimum Gasteiger partial charge on any atom is -0.508 e. The van der Waals surface area contributed by atoms with Gasteiger partial charge >= 0.3 is 0 Å². The van der Waals surface area contributed by atoms with Gasteiger partial charge in [-0.2, -0.15) is 0 Å². The number of hydrogen-bond donors (Lipinski definition) is 6. The van der Waals surface area contributed by atoms with Gasteiger partial charge < -0.3 is 35.4 Å². The van der Waals surface area contributed by atoms with E-state index in [2.05, 4.69) is 6.08 Å². The predicted molar refractivity (Wildman–Crippen MR) is 186 cm³/mol. The van der Waals surface area contributed by atoms with Gasteiger partial charge in [-0.1, -0.05) is 17.2 Å². The third-order valence-electron chi connectivity index (χ3n) is 9.57. The number of hydrogen-bond acceptors (Lipinski definition) is 10. The second kappa shape index (κ2) is 12.4. The summed E-state index contributed by atoms with van der Waals surface area (Å²) in [5.41, 5.74) is -0.480. The molecule has 2 aliphatic rings. The molecule has 4 aromatic rings. The number of phenolic OH excluding ortho intramolecular Hbond substituents is 5. The van der Waals surface area contributed by atoms with Crippen LogP contribution in [-0.4, -0.2) is 60.2 Å². The van der Waals surface area contributed by atoms with Crippen molar-refractivity contribution in [3.05, 3.63) is 104 Å². The molecule has 0 amide bonds. The van der Waals surface area contributed by atoms with Crippen LogP contribution in [0.3, 0.4) is 0 Å². The molecule has 0 aliphatic heterocycles. The van der Waals surface area contributed by atoms with Gasteiger partial charge in [0.25, 0.3) is 0 Å². The molecule has 0 saturated heterocycles. The summed E-state index contributed by atoms with van der Waals surface area (Å²) >= 11 is 0. The summed E-state index contributed by atoms with van der Waals surface area (Å²) in [6.45, 7) is 9.27. The summed E-state index contributed by atoms with van der Waals surface area (Å²) in [5.74, 6) is -5.69. The van der Waals surface area contributed by atoms with Crippen molar-refractivity contribution >= 4 is 28.1 Å². The van der Waals surface area contributed by atoms with Gasteiger partial charge in [0, 0.05) is 35.6 Å². The number of benzene rings is 4. The molecular formula is C40H38O10. The molecule has 6 N–H and O–H groups in total. The van der Waals surface area contributed by atoms with E-state index in [1.165, 1.54) is 30.7 Å². The summed E-state index contributed by atoms with van der Waals surface area (Å²) in [5, 5.41) is 66.5. The number of aryl methyl sites for hydroxylation is 1. The number of carbonyl (C=O) groups excluding carboxylic acids is 3. The van der Waals surface area contributed by atoms with Crippen LogP contribution in [0.1, 0.15) is 112 Å².